The van der Waals surface area contributed by atoms with Gasteiger partial charge in [-0.2, -0.15) is 0 Å². The number of rotatable bonds is 6. The molecule has 2 N–H and O–H groups in total. The maximum atomic E-state index is 13.4. The highest BCUT2D eigenvalue weighted by atomic mass is 32.2. The first-order valence-electron chi connectivity index (χ1n) is 11.9. The van der Waals surface area contributed by atoms with Gasteiger partial charge in [0.15, 0.2) is 0 Å². The van der Waals surface area contributed by atoms with E-state index >= 15 is 0 Å². The Morgan fingerprint density at radius 1 is 1.03 bits per heavy atom. The lowest BCUT2D eigenvalue weighted by Crippen LogP contribution is -2.48. The minimum atomic E-state index is 0.0313. The van der Waals surface area contributed by atoms with Gasteiger partial charge in [-0.1, -0.05) is 43.0 Å². The smallest absolute Gasteiger partial charge is 0.262 e. The molecule has 5 nitrogen and oxygen atoms in total. The van der Waals surface area contributed by atoms with Gasteiger partial charge < -0.3 is 20.3 Å². The second-order valence-corrected chi connectivity index (χ2v) is 10.2. The van der Waals surface area contributed by atoms with Gasteiger partial charge in [-0.25, -0.2) is 0 Å². The molecular formula is C27H35N3O2S. The van der Waals surface area contributed by atoms with Gasteiger partial charge >= 0.3 is 0 Å². The van der Waals surface area contributed by atoms with E-state index in [0.717, 1.165) is 52.9 Å². The Morgan fingerprint density at radius 3 is 2.36 bits per heavy atom. The molecule has 2 aliphatic heterocycles. The average molecular weight is 466 g/mol. The third-order valence-electron chi connectivity index (χ3n) is 6.81. The number of hydrogen-bond acceptors (Lipinski definition) is 5. The quantitative estimate of drug-likeness (QED) is 0.593. The van der Waals surface area contributed by atoms with Crippen LogP contribution in [-0.2, 0) is 4.79 Å². The molecule has 2 aliphatic rings. The van der Waals surface area contributed by atoms with Crippen LogP contribution in [0.2, 0.25) is 0 Å². The molecular weight excluding hydrogens is 430 g/mol. The van der Waals surface area contributed by atoms with Crippen molar-refractivity contribution < 1.29 is 9.53 Å². The molecule has 33 heavy (non-hydrogen) atoms. The van der Waals surface area contributed by atoms with Gasteiger partial charge in [-0.05, 0) is 80.2 Å². The molecule has 1 amide bonds. The SMILES string of the molecule is C=C(S/C(C(=O)N1CCC(N2CCCCC2)CC1)=C(/C)N)c1ccc2cc(OC)ccc2c1. The zero-order valence-electron chi connectivity index (χ0n) is 19.8. The summed E-state index contributed by atoms with van der Waals surface area (Å²) in [6, 6.07) is 12.8. The Morgan fingerprint density at radius 2 is 1.70 bits per heavy atom. The zero-order valence-corrected chi connectivity index (χ0v) is 20.6. The number of carbonyl (C=O) groups excluding carboxylic acids is 1. The van der Waals surface area contributed by atoms with E-state index in [1.54, 1.807) is 14.0 Å². The number of allylic oxidation sites excluding steroid dienone is 1. The lowest BCUT2D eigenvalue weighted by Gasteiger charge is -2.40. The molecule has 0 aliphatic carbocycles. The van der Waals surface area contributed by atoms with Crippen molar-refractivity contribution in [3.8, 4) is 5.75 Å². The lowest BCUT2D eigenvalue weighted by molar-refractivity contribution is -0.128. The van der Waals surface area contributed by atoms with E-state index in [1.807, 2.05) is 29.2 Å². The molecule has 0 bridgehead atoms. The Hall–Kier alpha value is -2.44. The summed E-state index contributed by atoms with van der Waals surface area (Å²) >= 11 is 1.39. The van der Waals surface area contributed by atoms with Crippen molar-refractivity contribution in [2.45, 2.75) is 45.1 Å². The predicted molar refractivity (Wildman–Crippen MR) is 139 cm³/mol. The fourth-order valence-corrected chi connectivity index (χ4v) is 5.73. The van der Waals surface area contributed by atoms with Crippen LogP contribution in [0.1, 0.15) is 44.6 Å². The number of thioether (sulfide) groups is 1. The van der Waals surface area contributed by atoms with Crippen molar-refractivity contribution in [1.29, 1.82) is 0 Å². The predicted octanol–water partition coefficient (Wildman–Crippen LogP) is 5.22. The van der Waals surface area contributed by atoms with Crippen LogP contribution in [0.3, 0.4) is 0 Å². The van der Waals surface area contributed by atoms with Crippen molar-refractivity contribution in [2.24, 2.45) is 5.73 Å². The van der Waals surface area contributed by atoms with Crippen LogP contribution in [0, 0.1) is 0 Å². The van der Waals surface area contributed by atoms with E-state index in [-0.39, 0.29) is 5.91 Å². The summed E-state index contributed by atoms with van der Waals surface area (Å²) in [5, 5.41) is 2.21. The van der Waals surface area contributed by atoms with Gasteiger partial charge in [0.1, 0.15) is 5.75 Å². The number of ether oxygens (including phenoxy) is 1. The van der Waals surface area contributed by atoms with Gasteiger partial charge in [0, 0.05) is 29.7 Å². The fourth-order valence-electron chi connectivity index (χ4n) is 4.86. The Balaban J connectivity index is 1.41. The highest BCUT2D eigenvalue weighted by Gasteiger charge is 2.29. The standard InChI is InChI=1S/C27H35N3O2S/c1-19(28)26(27(31)30-15-11-24(12-16-30)29-13-5-4-6-14-29)33-20(2)21-7-8-23-18-25(32-3)10-9-22(23)17-21/h7-10,17-18,24H,2,4-6,11-16,28H2,1,3H3/b26-19-. The number of hydrogen-bond donors (Lipinski definition) is 1. The second kappa shape index (κ2) is 10.7. The van der Waals surface area contributed by atoms with E-state index in [9.17, 15) is 4.79 Å². The van der Waals surface area contributed by atoms with Crippen molar-refractivity contribution in [1.82, 2.24) is 9.80 Å². The first-order chi connectivity index (χ1) is 16.0. The molecule has 0 saturated carbocycles. The van der Waals surface area contributed by atoms with Crippen molar-refractivity contribution in [3.05, 3.63) is 59.1 Å². The Bertz CT molecular complexity index is 1050. The first-order valence-corrected chi connectivity index (χ1v) is 12.7. The number of likely N-dealkylation sites (tertiary alicyclic amines) is 2. The van der Waals surface area contributed by atoms with Crippen LogP contribution in [0.15, 0.2) is 53.6 Å². The van der Waals surface area contributed by atoms with Gasteiger partial charge in [-0.15, -0.1) is 0 Å². The topological polar surface area (TPSA) is 58.8 Å². The van der Waals surface area contributed by atoms with E-state index in [0.29, 0.717) is 16.6 Å². The molecule has 2 heterocycles. The van der Waals surface area contributed by atoms with E-state index in [4.69, 9.17) is 10.5 Å². The van der Waals surface area contributed by atoms with Gasteiger partial charge in [0.25, 0.3) is 5.91 Å². The number of nitrogens with zero attached hydrogens (tertiary/aromatic N) is 2. The molecule has 0 aromatic heterocycles. The number of amides is 1. The summed E-state index contributed by atoms with van der Waals surface area (Å²) in [7, 11) is 1.67. The molecule has 6 heteroatoms. The zero-order chi connectivity index (χ0) is 23.4. The summed E-state index contributed by atoms with van der Waals surface area (Å²) in [4.78, 5) is 19.4. The van der Waals surface area contributed by atoms with Gasteiger partial charge in [0.05, 0.1) is 12.0 Å². The van der Waals surface area contributed by atoms with Crippen molar-refractivity contribution in [2.75, 3.05) is 33.3 Å². The molecule has 2 aromatic rings. The van der Waals surface area contributed by atoms with Crippen LogP contribution < -0.4 is 10.5 Å². The Kier molecular flexibility index (Phi) is 7.66. The van der Waals surface area contributed by atoms with Gasteiger partial charge in [-0.3, -0.25) is 4.79 Å². The second-order valence-electron chi connectivity index (χ2n) is 9.09. The molecule has 0 spiro atoms. The number of nitrogens with two attached hydrogens (primary N) is 1. The van der Waals surface area contributed by atoms with Gasteiger partial charge in [0.2, 0.25) is 0 Å². The summed E-state index contributed by atoms with van der Waals surface area (Å²) < 4.78 is 5.32. The van der Waals surface area contributed by atoms with Crippen LogP contribution in [0.5, 0.6) is 5.75 Å². The molecule has 2 fully saturated rings. The summed E-state index contributed by atoms with van der Waals surface area (Å²) in [6.45, 7) is 10.1. The lowest BCUT2D eigenvalue weighted by atomic mass is 10.00. The molecule has 0 unspecified atom stereocenters. The number of carbonyl (C=O) groups is 1. The maximum absolute atomic E-state index is 13.4. The van der Waals surface area contributed by atoms with E-state index < -0.39 is 0 Å². The monoisotopic (exact) mass is 465 g/mol. The van der Waals surface area contributed by atoms with Crippen LogP contribution in [-0.4, -0.2) is 55.0 Å². The molecule has 176 valence electrons. The highest BCUT2D eigenvalue weighted by Crippen LogP contribution is 2.36. The van der Waals surface area contributed by atoms with Crippen molar-refractivity contribution in [3.63, 3.8) is 0 Å². The Labute approximate surface area is 201 Å². The van der Waals surface area contributed by atoms with E-state index in [2.05, 4.69) is 23.6 Å². The molecule has 0 radical (unpaired) electrons. The normalized spacial score (nSPS) is 18.8. The largest absolute Gasteiger partial charge is 0.497 e. The fraction of sp³-hybridized carbons (Fsp3) is 0.444. The van der Waals surface area contributed by atoms with Crippen LogP contribution in [0.25, 0.3) is 15.7 Å². The highest BCUT2D eigenvalue weighted by molar-refractivity contribution is 8.12. The summed E-state index contributed by atoms with van der Waals surface area (Å²) in [5.74, 6) is 0.867. The summed E-state index contributed by atoms with van der Waals surface area (Å²) in [6.07, 6.45) is 6.05. The van der Waals surface area contributed by atoms with E-state index in [1.165, 1.54) is 44.1 Å². The molecule has 2 aromatic carbocycles. The molecule has 0 atom stereocenters. The third-order valence-corrected chi connectivity index (χ3v) is 7.99. The number of benzene rings is 2. The number of methoxy groups -OCH3 is 1. The minimum Gasteiger partial charge on any atom is -0.497 e. The average Bonchev–Trinajstić information content (AvgIpc) is 2.86. The molecule has 4 rings (SSSR count). The number of fused-ring (bicyclic) bond motifs is 1. The van der Waals surface area contributed by atoms with Crippen molar-refractivity contribution >= 4 is 33.3 Å². The van der Waals surface area contributed by atoms with Crippen LogP contribution in [0.4, 0.5) is 0 Å². The third kappa shape index (κ3) is 5.56. The minimum absolute atomic E-state index is 0.0313. The van der Waals surface area contributed by atoms with Crippen LogP contribution >= 0.6 is 11.8 Å². The summed E-state index contributed by atoms with van der Waals surface area (Å²) in [5.41, 5.74) is 7.73. The first kappa shape index (κ1) is 23.7. The molecule has 2 saturated heterocycles. The number of piperidine rings is 2. The maximum Gasteiger partial charge on any atom is 0.262 e.